The Balaban J connectivity index is 1.80. The number of rotatable bonds is 1. The summed E-state index contributed by atoms with van der Waals surface area (Å²) in [5.41, 5.74) is 1.23. The Kier molecular flexibility index (Phi) is 2.90. The summed E-state index contributed by atoms with van der Waals surface area (Å²) in [6.07, 6.45) is 2.00. The Morgan fingerprint density at radius 1 is 1.00 bits per heavy atom. The number of aryl methyl sites for hydroxylation is 1. The molecule has 0 saturated carbocycles. The SMILES string of the molecule is Cc1nnc2c3ccc(B4OC(C)(C)C(C)(C)O4)cc3ccn12. The Labute approximate surface area is 135 Å². The second-order valence-electron chi connectivity index (χ2n) is 7.19. The van der Waals surface area contributed by atoms with E-state index in [-0.39, 0.29) is 18.3 Å². The number of pyridine rings is 1. The van der Waals surface area contributed by atoms with E-state index < -0.39 is 0 Å². The lowest BCUT2D eigenvalue weighted by Crippen LogP contribution is -2.41. The minimum atomic E-state index is -0.347. The highest BCUT2D eigenvalue weighted by Gasteiger charge is 2.51. The van der Waals surface area contributed by atoms with Gasteiger partial charge < -0.3 is 9.31 Å². The van der Waals surface area contributed by atoms with Gasteiger partial charge in [-0.3, -0.25) is 4.40 Å². The molecule has 3 aromatic rings. The van der Waals surface area contributed by atoms with Crippen LogP contribution in [0.3, 0.4) is 0 Å². The van der Waals surface area contributed by atoms with E-state index in [1.54, 1.807) is 0 Å². The summed E-state index contributed by atoms with van der Waals surface area (Å²) < 4.78 is 14.3. The van der Waals surface area contributed by atoms with Crippen LogP contribution < -0.4 is 5.46 Å². The number of benzene rings is 1. The van der Waals surface area contributed by atoms with Crippen molar-refractivity contribution in [1.29, 1.82) is 0 Å². The predicted molar refractivity (Wildman–Crippen MR) is 90.9 cm³/mol. The lowest BCUT2D eigenvalue weighted by atomic mass is 9.78. The van der Waals surface area contributed by atoms with Crippen molar-refractivity contribution in [3.05, 3.63) is 36.3 Å². The summed E-state index contributed by atoms with van der Waals surface area (Å²) in [6.45, 7) is 10.2. The first kappa shape index (κ1) is 14.7. The molecule has 0 unspecified atom stereocenters. The molecule has 1 aliphatic heterocycles. The van der Waals surface area contributed by atoms with E-state index in [2.05, 4.69) is 62.2 Å². The van der Waals surface area contributed by atoms with Crippen molar-refractivity contribution < 1.29 is 9.31 Å². The third-order valence-corrected chi connectivity index (χ3v) is 5.11. The normalized spacial score (nSPS) is 19.8. The van der Waals surface area contributed by atoms with Crippen molar-refractivity contribution >= 4 is 29.0 Å². The molecule has 118 valence electrons. The first-order valence-corrected chi connectivity index (χ1v) is 7.88. The van der Waals surface area contributed by atoms with Crippen LogP contribution in [0.2, 0.25) is 0 Å². The van der Waals surface area contributed by atoms with Crippen molar-refractivity contribution in [2.75, 3.05) is 0 Å². The number of hydrogen-bond donors (Lipinski definition) is 0. The molecule has 0 amide bonds. The number of aromatic nitrogens is 3. The van der Waals surface area contributed by atoms with Crippen molar-refractivity contribution in [2.45, 2.75) is 45.8 Å². The van der Waals surface area contributed by atoms with E-state index >= 15 is 0 Å². The summed E-state index contributed by atoms with van der Waals surface area (Å²) in [5.74, 6) is 0.886. The highest BCUT2D eigenvalue weighted by atomic mass is 16.7. The second kappa shape index (κ2) is 4.55. The lowest BCUT2D eigenvalue weighted by Gasteiger charge is -2.32. The molecular formula is C17H20BN3O2. The first-order chi connectivity index (χ1) is 10.8. The molecule has 0 atom stereocenters. The molecule has 0 radical (unpaired) electrons. The van der Waals surface area contributed by atoms with Crippen molar-refractivity contribution in [2.24, 2.45) is 0 Å². The van der Waals surface area contributed by atoms with Gasteiger partial charge in [0.05, 0.1) is 11.2 Å². The van der Waals surface area contributed by atoms with Gasteiger partial charge in [-0.1, -0.05) is 18.2 Å². The predicted octanol–water partition coefficient (Wildman–Crippen LogP) is 2.49. The van der Waals surface area contributed by atoms with Crippen molar-refractivity contribution in [3.63, 3.8) is 0 Å². The van der Waals surface area contributed by atoms with Gasteiger partial charge in [-0.15, -0.1) is 10.2 Å². The molecule has 0 bridgehead atoms. The van der Waals surface area contributed by atoms with Crippen LogP contribution in [0, 0.1) is 6.92 Å². The lowest BCUT2D eigenvalue weighted by molar-refractivity contribution is 0.00578. The maximum absolute atomic E-state index is 6.14. The van der Waals surface area contributed by atoms with Crippen LogP contribution in [0.25, 0.3) is 16.4 Å². The van der Waals surface area contributed by atoms with Gasteiger partial charge in [0.1, 0.15) is 5.82 Å². The van der Waals surface area contributed by atoms with Gasteiger partial charge in [-0.2, -0.15) is 0 Å². The summed E-state index contributed by atoms with van der Waals surface area (Å²) in [5, 5.41) is 10.6. The number of nitrogens with zero attached hydrogens (tertiary/aromatic N) is 3. The fourth-order valence-corrected chi connectivity index (χ4v) is 2.93. The molecule has 23 heavy (non-hydrogen) atoms. The molecular weight excluding hydrogens is 289 g/mol. The molecule has 4 rings (SSSR count). The molecule has 3 heterocycles. The Hall–Kier alpha value is -1.92. The zero-order chi connectivity index (χ0) is 16.4. The molecule has 0 N–H and O–H groups in total. The van der Waals surface area contributed by atoms with E-state index in [1.807, 2.05) is 17.5 Å². The van der Waals surface area contributed by atoms with Crippen LogP contribution >= 0.6 is 0 Å². The van der Waals surface area contributed by atoms with Crippen LogP contribution in [-0.4, -0.2) is 32.9 Å². The largest absolute Gasteiger partial charge is 0.494 e. The maximum atomic E-state index is 6.14. The van der Waals surface area contributed by atoms with Gasteiger partial charge in [0, 0.05) is 11.6 Å². The topological polar surface area (TPSA) is 48.7 Å². The monoisotopic (exact) mass is 309 g/mol. The second-order valence-corrected chi connectivity index (χ2v) is 7.19. The van der Waals surface area contributed by atoms with Crippen LogP contribution in [0.1, 0.15) is 33.5 Å². The molecule has 1 aromatic carbocycles. The molecule has 6 heteroatoms. The van der Waals surface area contributed by atoms with Gasteiger partial charge in [-0.05, 0) is 51.5 Å². The molecule has 1 fully saturated rings. The molecule has 1 aliphatic rings. The zero-order valence-corrected chi connectivity index (χ0v) is 14.1. The van der Waals surface area contributed by atoms with Gasteiger partial charge in [0.2, 0.25) is 0 Å². The van der Waals surface area contributed by atoms with Gasteiger partial charge in [0.25, 0.3) is 0 Å². The fraction of sp³-hybridized carbons (Fsp3) is 0.412. The molecule has 2 aromatic heterocycles. The van der Waals surface area contributed by atoms with Crippen LogP contribution in [0.5, 0.6) is 0 Å². The summed E-state index contributed by atoms with van der Waals surface area (Å²) in [7, 11) is -0.347. The van der Waals surface area contributed by atoms with E-state index in [0.717, 1.165) is 27.7 Å². The Morgan fingerprint density at radius 3 is 2.39 bits per heavy atom. The van der Waals surface area contributed by atoms with E-state index in [4.69, 9.17) is 9.31 Å². The first-order valence-electron chi connectivity index (χ1n) is 7.88. The van der Waals surface area contributed by atoms with Crippen LogP contribution in [0.15, 0.2) is 30.5 Å². The quantitative estimate of drug-likeness (QED) is 0.648. The summed E-state index contributed by atoms with van der Waals surface area (Å²) >= 11 is 0. The van der Waals surface area contributed by atoms with E-state index in [0.29, 0.717) is 0 Å². The Morgan fingerprint density at radius 2 is 1.70 bits per heavy atom. The highest BCUT2D eigenvalue weighted by molar-refractivity contribution is 6.62. The maximum Gasteiger partial charge on any atom is 0.494 e. The van der Waals surface area contributed by atoms with E-state index in [9.17, 15) is 0 Å². The summed E-state index contributed by atoms with van der Waals surface area (Å²) in [4.78, 5) is 0. The fourth-order valence-electron chi connectivity index (χ4n) is 2.93. The molecule has 1 saturated heterocycles. The highest BCUT2D eigenvalue weighted by Crippen LogP contribution is 2.36. The number of hydrogen-bond acceptors (Lipinski definition) is 4. The number of fused-ring (bicyclic) bond motifs is 3. The standard InChI is InChI=1S/C17H20BN3O2/c1-11-19-20-15-14-7-6-13(10-12(14)8-9-21(11)15)18-22-16(2,3)17(4,5)23-18/h6-10H,1-5H3. The van der Waals surface area contributed by atoms with Crippen LogP contribution in [-0.2, 0) is 9.31 Å². The molecule has 0 spiro atoms. The zero-order valence-electron chi connectivity index (χ0n) is 14.1. The van der Waals surface area contributed by atoms with Gasteiger partial charge >= 0.3 is 7.12 Å². The third-order valence-electron chi connectivity index (χ3n) is 5.11. The molecule has 0 aliphatic carbocycles. The van der Waals surface area contributed by atoms with E-state index in [1.165, 1.54) is 0 Å². The minimum Gasteiger partial charge on any atom is -0.399 e. The third kappa shape index (κ3) is 2.09. The smallest absolute Gasteiger partial charge is 0.399 e. The van der Waals surface area contributed by atoms with Crippen molar-refractivity contribution in [3.8, 4) is 0 Å². The van der Waals surface area contributed by atoms with Gasteiger partial charge in [0.15, 0.2) is 5.65 Å². The minimum absolute atomic E-state index is 0.333. The molecule has 5 nitrogen and oxygen atoms in total. The van der Waals surface area contributed by atoms with Crippen molar-refractivity contribution in [1.82, 2.24) is 14.6 Å². The van der Waals surface area contributed by atoms with Crippen LogP contribution in [0.4, 0.5) is 0 Å². The average Bonchev–Trinajstić information content (AvgIpc) is 2.96. The van der Waals surface area contributed by atoms with Gasteiger partial charge in [-0.25, -0.2) is 0 Å². The Bertz CT molecular complexity index is 901. The average molecular weight is 309 g/mol. The summed E-state index contributed by atoms with van der Waals surface area (Å²) in [6, 6.07) is 8.31.